The minimum Gasteiger partial charge on any atom is -0.464 e. The lowest BCUT2D eigenvalue weighted by molar-refractivity contribution is 0.480. The molecular weight excluding hydrogens is 286 g/mol. The van der Waals surface area contributed by atoms with Crippen molar-refractivity contribution in [2.75, 3.05) is 11.9 Å². The standard InChI is InChI=1S/C16H22ClN3O/c1-10-7-8-12(21-10)9-20(6)14-11(2)13(17)18-15(19-14)16(3,4)5/h7-8H,9H2,1-6H3. The minimum absolute atomic E-state index is 0.145. The Morgan fingerprint density at radius 3 is 2.38 bits per heavy atom. The molecule has 114 valence electrons. The molecule has 2 heterocycles. The van der Waals surface area contributed by atoms with E-state index in [2.05, 4.69) is 25.8 Å². The van der Waals surface area contributed by atoms with Crippen molar-refractivity contribution in [2.45, 2.75) is 46.6 Å². The Bertz CT molecular complexity index is 643. The molecule has 0 bridgehead atoms. The van der Waals surface area contributed by atoms with E-state index in [0.717, 1.165) is 28.7 Å². The monoisotopic (exact) mass is 307 g/mol. The van der Waals surface area contributed by atoms with Gasteiger partial charge in [-0.2, -0.15) is 0 Å². The number of halogens is 1. The van der Waals surface area contributed by atoms with E-state index in [9.17, 15) is 0 Å². The summed E-state index contributed by atoms with van der Waals surface area (Å²) < 4.78 is 5.63. The molecular formula is C16H22ClN3O. The molecule has 0 saturated carbocycles. The Kier molecular flexibility index (Phi) is 4.28. The van der Waals surface area contributed by atoms with Crippen molar-refractivity contribution in [1.82, 2.24) is 9.97 Å². The lowest BCUT2D eigenvalue weighted by Crippen LogP contribution is -2.23. The predicted molar refractivity (Wildman–Crippen MR) is 86.0 cm³/mol. The molecule has 0 aliphatic carbocycles. The molecule has 5 heteroatoms. The van der Waals surface area contributed by atoms with Crippen LogP contribution in [0.15, 0.2) is 16.5 Å². The average Bonchev–Trinajstić information content (AvgIpc) is 2.76. The molecule has 0 saturated heterocycles. The highest BCUT2D eigenvalue weighted by atomic mass is 35.5. The minimum atomic E-state index is -0.145. The molecule has 2 rings (SSSR count). The quantitative estimate of drug-likeness (QED) is 0.794. The van der Waals surface area contributed by atoms with Gasteiger partial charge in [0.15, 0.2) is 0 Å². The van der Waals surface area contributed by atoms with E-state index in [1.165, 1.54) is 0 Å². The van der Waals surface area contributed by atoms with Crippen molar-refractivity contribution >= 4 is 17.4 Å². The van der Waals surface area contributed by atoms with Crippen LogP contribution in [0.4, 0.5) is 5.82 Å². The van der Waals surface area contributed by atoms with Gasteiger partial charge in [0.05, 0.1) is 6.54 Å². The fourth-order valence-corrected chi connectivity index (χ4v) is 2.23. The number of aryl methyl sites for hydroxylation is 1. The van der Waals surface area contributed by atoms with Crippen LogP contribution in [0.25, 0.3) is 0 Å². The summed E-state index contributed by atoms with van der Waals surface area (Å²) in [6.45, 7) is 10.8. The Labute approximate surface area is 131 Å². The number of anilines is 1. The molecule has 4 nitrogen and oxygen atoms in total. The highest BCUT2D eigenvalue weighted by Gasteiger charge is 2.22. The highest BCUT2D eigenvalue weighted by molar-refractivity contribution is 6.30. The van der Waals surface area contributed by atoms with Crippen molar-refractivity contribution in [1.29, 1.82) is 0 Å². The van der Waals surface area contributed by atoms with Crippen LogP contribution in [0.3, 0.4) is 0 Å². The Hall–Kier alpha value is -1.55. The van der Waals surface area contributed by atoms with Crippen LogP contribution < -0.4 is 4.90 Å². The summed E-state index contributed by atoms with van der Waals surface area (Å²) in [7, 11) is 1.98. The van der Waals surface area contributed by atoms with E-state index < -0.39 is 0 Å². The second-order valence-corrected chi connectivity index (χ2v) is 6.76. The van der Waals surface area contributed by atoms with Crippen LogP contribution in [0.1, 0.15) is 43.7 Å². The third-order valence-electron chi connectivity index (χ3n) is 3.28. The van der Waals surface area contributed by atoms with Crippen molar-refractivity contribution in [3.63, 3.8) is 0 Å². The van der Waals surface area contributed by atoms with E-state index in [1.807, 2.05) is 37.9 Å². The van der Waals surface area contributed by atoms with E-state index >= 15 is 0 Å². The van der Waals surface area contributed by atoms with Gasteiger partial charge in [0.1, 0.15) is 28.3 Å². The SMILES string of the molecule is Cc1ccc(CN(C)c2nc(C(C)(C)C)nc(Cl)c2C)o1. The van der Waals surface area contributed by atoms with Gasteiger partial charge >= 0.3 is 0 Å². The average molecular weight is 308 g/mol. The normalized spacial score (nSPS) is 11.8. The summed E-state index contributed by atoms with van der Waals surface area (Å²) in [5, 5.41) is 0.507. The van der Waals surface area contributed by atoms with Gasteiger partial charge in [-0.1, -0.05) is 32.4 Å². The van der Waals surface area contributed by atoms with Gasteiger partial charge in [-0.05, 0) is 26.0 Å². The Morgan fingerprint density at radius 2 is 1.86 bits per heavy atom. The maximum atomic E-state index is 6.27. The molecule has 0 aliphatic rings. The third kappa shape index (κ3) is 3.56. The second kappa shape index (κ2) is 5.68. The first-order valence-corrected chi connectivity index (χ1v) is 7.37. The van der Waals surface area contributed by atoms with Gasteiger partial charge in [-0.25, -0.2) is 9.97 Å². The summed E-state index contributed by atoms with van der Waals surface area (Å²) in [5.41, 5.74) is 0.740. The van der Waals surface area contributed by atoms with Crippen LogP contribution in [0, 0.1) is 13.8 Å². The first-order valence-electron chi connectivity index (χ1n) is 6.99. The molecule has 0 spiro atoms. The van der Waals surface area contributed by atoms with Gasteiger partial charge in [-0.3, -0.25) is 0 Å². The molecule has 2 aromatic rings. The number of hydrogen-bond acceptors (Lipinski definition) is 4. The van der Waals surface area contributed by atoms with Crippen molar-refractivity contribution in [3.8, 4) is 0 Å². The van der Waals surface area contributed by atoms with Gasteiger partial charge in [0, 0.05) is 18.0 Å². The van der Waals surface area contributed by atoms with Crippen molar-refractivity contribution < 1.29 is 4.42 Å². The molecule has 0 aromatic carbocycles. The lowest BCUT2D eigenvalue weighted by atomic mass is 9.95. The maximum Gasteiger partial charge on any atom is 0.137 e. The second-order valence-electron chi connectivity index (χ2n) is 6.41. The molecule has 2 aromatic heterocycles. The summed E-state index contributed by atoms with van der Waals surface area (Å²) >= 11 is 6.27. The van der Waals surface area contributed by atoms with Crippen LogP contribution in [-0.2, 0) is 12.0 Å². The number of furan rings is 1. The zero-order valence-electron chi connectivity index (χ0n) is 13.5. The van der Waals surface area contributed by atoms with Gasteiger partial charge in [0.25, 0.3) is 0 Å². The summed E-state index contributed by atoms with van der Waals surface area (Å²) in [5.74, 6) is 3.40. The summed E-state index contributed by atoms with van der Waals surface area (Å²) in [4.78, 5) is 11.1. The molecule has 0 amide bonds. The lowest BCUT2D eigenvalue weighted by Gasteiger charge is -2.23. The van der Waals surface area contributed by atoms with Gasteiger partial charge in [-0.15, -0.1) is 0 Å². The maximum absolute atomic E-state index is 6.27. The Morgan fingerprint density at radius 1 is 1.19 bits per heavy atom. The zero-order valence-corrected chi connectivity index (χ0v) is 14.2. The predicted octanol–water partition coefficient (Wildman–Crippen LogP) is 4.27. The third-order valence-corrected chi connectivity index (χ3v) is 3.65. The van der Waals surface area contributed by atoms with Gasteiger partial charge < -0.3 is 9.32 Å². The molecule has 0 aliphatic heterocycles. The van der Waals surface area contributed by atoms with E-state index in [1.54, 1.807) is 0 Å². The molecule has 0 unspecified atom stereocenters. The van der Waals surface area contributed by atoms with Crippen LogP contribution in [0.5, 0.6) is 0 Å². The molecule has 21 heavy (non-hydrogen) atoms. The number of hydrogen-bond donors (Lipinski definition) is 0. The van der Waals surface area contributed by atoms with Crippen molar-refractivity contribution in [2.24, 2.45) is 0 Å². The topological polar surface area (TPSA) is 42.2 Å². The van der Waals surface area contributed by atoms with Crippen LogP contribution in [0.2, 0.25) is 5.15 Å². The first-order chi connectivity index (χ1) is 9.68. The Balaban J connectivity index is 2.35. The fourth-order valence-electron chi connectivity index (χ4n) is 2.06. The fraction of sp³-hybridized carbons (Fsp3) is 0.500. The van der Waals surface area contributed by atoms with Crippen LogP contribution in [-0.4, -0.2) is 17.0 Å². The molecule has 0 fully saturated rings. The van der Waals surface area contributed by atoms with Crippen LogP contribution >= 0.6 is 11.6 Å². The zero-order chi connectivity index (χ0) is 15.8. The largest absolute Gasteiger partial charge is 0.464 e. The summed E-state index contributed by atoms with van der Waals surface area (Å²) in [6, 6.07) is 3.94. The van der Waals surface area contributed by atoms with E-state index in [4.69, 9.17) is 21.0 Å². The number of rotatable bonds is 3. The van der Waals surface area contributed by atoms with E-state index in [-0.39, 0.29) is 5.41 Å². The van der Waals surface area contributed by atoms with Gasteiger partial charge in [0.2, 0.25) is 0 Å². The highest BCUT2D eigenvalue weighted by Crippen LogP contribution is 2.28. The number of nitrogens with zero attached hydrogens (tertiary/aromatic N) is 3. The summed E-state index contributed by atoms with van der Waals surface area (Å²) in [6.07, 6.45) is 0. The smallest absolute Gasteiger partial charge is 0.137 e. The first kappa shape index (κ1) is 15.8. The molecule has 0 radical (unpaired) electrons. The molecule has 0 atom stereocenters. The molecule has 0 N–H and O–H groups in total. The number of aromatic nitrogens is 2. The van der Waals surface area contributed by atoms with Crippen molar-refractivity contribution in [3.05, 3.63) is 40.2 Å². The van der Waals surface area contributed by atoms with E-state index in [0.29, 0.717) is 11.7 Å².